The summed E-state index contributed by atoms with van der Waals surface area (Å²) in [6.07, 6.45) is 3.76. The smallest absolute Gasteiger partial charge is 0.143 e. The zero-order valence-corrected chi connectivity index (χ0v) is 10.9. The van der Waals surface area contributed by atoms with E-state index in [1.54, 1.807) is 18.2 Å². The number of benzene rings is 1. The highest BCUT2D eigenvalue weighted by molar-refractivity contribution is 6.30. The highest BCUT2D eigenvalue weighted by atomic mass is 35.5. The van der Waals surface area contributed by atoms with E-state index in [4.69, 9.17) is 22.1 Å². The summed E-state index contributed by atoms with van der Waals surface area (Å²) in [5.74, 6) is 0.691. The highest BCUT2D eigenvalue weighted by Gasteiger charge is 2.19. The first kappa shape index (κ1) is 12.5. The number of hydrogen-bond donors (Lipinski definition) is 1. The van der Waals surface area contributed by atoms with Gasteiger partial charge in [-0.25, -0.2) is 0 Å². The van der Waals surface area contributed by atoms with E-state index in [9.17, 15) is 0 Å². The van der Waals surface area contributed by atoms with E-state index < -0.39 is 0 Å². The lowest BCUT2D eigenvalue weighted by molar-refractivity contribution is 0.125. The van der Waals surface area contributed by atoms with Gasteiger partial charge >= 0.3 is 0 Å². The van der Waals surface area contributed by atoms with Gasteiger partial charge in [-0.15, -0.1) is 0 Å². The molecule has 0 aliphatic carbocycles. The standard InChI is InChI=1S/C13H19ClN2O/c1-16-7-3-2-4-11(16)9-17-13-8-10(14)5-6-12(13)15/h5-6,8,11H,2-4,7,9,15H2,1H3. The maximum absolute atomic E-state index is 5.92. The molecule has 1 aliphatic heterocycles. The Balaban J connectivity index is 1.94. The lowest BCUT2D eigenvalue weighted by Gasteiger charge is -2.32. The van der Waals surface area contributed by atoms with Gasteiger partial charge in [0.2, 0.25) is 0 Å². The van der Waals surface area contributed by atoms with Gasteiger partial charge in [-0.2, -0.15) is 0 Å². The third kappa shape index (κ3) is 3.27. The zero-order valence-electron chi connectivity index (χ0n) is 10.2. The molecule has 1 heterocycles. The third-order valence-electron chi connectivity index (χ3n) is 3.33. The summed E-state index contributed by atoms with van der Waals surface area (Å²) in [5, 5.41) is 0.659. The summed E-state index contributed by atoms with van der Waals surface area (Å²) >= 11 is 5.92. The first-order valence-corrected chi connectivity index (χ1v) is 6.42. The molecule has 1 aromatic rings. The molecular formula is C13H19ClN2O. The molecule has 1 unspecified atom stereocenters. The molecule has 1 aliphatic rings. The minimum atomic E-state index is 0.488. The minimum Gasteiger partial charge on any atom is -0.490 e. The van der Waals surface area contributed by atoms with Crippen molar-refractivity contribution < 1.29 is 4.74 Å². The van der Waals surface area contributed by atoms with Crippen molar-refractivity contribution in [3.05, 3.63) is 23.2 Å². The predicted molar refractivity (Wildman–Crippen MR) is 71.6 cm³/mol. The van der Waals surface area contributed by atoms with E-state index >= 15 is 0 Å². The number of nitrogens with zero attached hydrogens (tertiary/aromatic N) is 1. The molecule has 0 saturated carbocycles. The summed E-state index contributed by atoms with van der Waals surface area (Å²) < 4.78 is 5.78. The van der Waals surface area contributed by atoms with Crippen LogP contribution in [0.2, 0.25) is 5.02 Å². The van der Waals surface area contributed by atoms with Gasteiger partial charge in [-0.05, 0) is 38.6 Å². The summed E-state index contributed by atoms with van der Waals surface area (Å²) in [6, 6.07) is 5.82. The van der Waals surface area contributed by atoms with Crippen molar-refractivity contribution in [2.75, 3.05) is 25.9 Å². The molecular weight excluding hydrogens is 236 g/mol. The van der Waals surface area contributed by atoms with Gasteiger partial charge in [0.15, 0.2) is 0 Å². The molecule has 0 amide bonds. The second-order valence-corrected chi connectivity index (χ2v) is 5.06. The Labute approximate surface area is 107 Å². The second kappa shape index (κ2) is 5.61. The van der Waals surface area contributed by atoms with Crippen LogP contribution in [0.25, 0.3) is 0 Å². The minimum absolute atomic E-state index is 0.488. The van der Waals surface area contributed by atoms with Crippen LogP contribution in [0, 0.1) is 0 Å². The fraction of sp³-hybridized carbons (Fsp3) is 0.538. The molecule has 94 valence electrons. The first-order chi connectivity index (χ1) is 8.16. The number of hydrogen-bond acceptors (Lipinski definition) is 3. The van der Waals surface area contributed by atoms with Crippen LogP contribution < -0.4 is 10.5 Å². The molecule has 4 heteroatoms. The third-order valence-corrected chi connectivity index (χ3v) is 3.56. The number of halogens is 1. The number of ether oxygens (including phenoxy) is 1. The number of anilines is 1. The van der Waals surface area contributed by atoms with Crippen LogP contribution in [0.4, 0.5) is 5.69 Å². The van der Waals surface area contributed by atoms with Crippen LogP contribution in [-0.4, -0.2) is 31.1 Å². The Morgan fingerprint density at radius 1 is 1.47 bits per heavy atom. The largest absolute Gasteiger partial charge is 0.490 e. The van der Waals surface area contributed by atoms with Gasteiger partial charge in [0, 0.05) is 17.1 Å². The van der Waals surface area contributed by atoms with E-state index in [-0.39, 0.29) is 0 Å². The van der Waals surface area contributed by atoms with Gasteiger partial charge in [0.1, 0.15) is 12.4 Å². The number of piperidine rings is 1. The number of rotatable bonds is 3. The fourth-order valence-electron chi connectivity index (χ4n) is 2.17. The van der Waals surface area contributed by atoms with Crippen molar-refractivity contribution in [2.45, 2.75) is 25.3 Å². The van der Waals surface area contributed by atoms with Crippen molar-refractivity contribution in [1.82, 2.24) is 4.90 Å². The topological polar surface area (TPSA) is 38.5 Å². The molecule has 0 aromatic heterocycles. The second-order valence-electron chi connectivity index (χ2n) is 4.62. The number of likely N-dealkylation sites (tertiary alicyclic amines) is 1. The lowest BCUT2D eigenvalue weighted by Crippen LogP contribution is -2.40. The molecule has 3 nitrogen and oxygen atoms in total. The molecule has 1 fully saturated rings. The van der Waals surface area contributed by atoms with Gasteiger partial charge in [0.25, 0.3) is 0 Å². The fourth-order valence-corrected chi connectivity index (χ4v) is 2.34. The van der Waals surface area contributed by atoms with Crippen molar-refractivity contribution in [3.8, 4) is 5.75 Å². The van der Waals surface area contributed by atoms with Crippen LogP contribution in [0.15, 0.2) is 18.2 Å². The van der Waals surface area contributed by atoms with Crippen LogP contribution in [0.1, 0.15) is 19.3 Å². The number of nitrogen functional groups attached to an aromatic ring is 1. The lowest BCUT2D eigenvalue weighted by atomic mass is 10.0. The zero-order chi connectivity index (χ0) is 12.3. The summed E-state index contributed by atoms with van der Waals surface area (Å²) in [7, 11) is 2.15. The summed E-state index contributed by atoms with van der Waals surface area (Å²) in [4.78, 5) is 2.35. The van der Waals surface area contributed by atoms with Crippen molar-refractivity contribution in [2.24, 2.45) is 0 Å². The quantitative estimate of drug-likeness (QED) is 0.843. The van der Waals surface area contributed by atoms with E-state index in [1.165, 1.54) is 19.3 Å². The van der Waals surface area contributed by atoms with Crippen LogP contribution >= 0.6 is 11.6 Å². The Morgan fingerprint density at radius 2 is 2.29 bits per heavy atom. The predicted octanol–water partition coefficient (Wildman–Crippen LogP) is 2.79. The monoisotopic (exact) mass is 254 g/mol. The summed E-state index contributed by atoms with van der Waals surface area (Å²) in [5.41, 5.74) is 6.49. The van der Waals surface area contributed by atoms with Crippen LogP contribution in [0.5, 0.6) is 5.75 Å². The Bertz CT molecular complexity index is 384. The van der Waals surface area contributed by atoms with Crippen LogP contribution in [0.3, 0.4) is 0 Å². The molecule has 17 heavy (non-hydrogen) atoms. The van der Waals surface area contributed by atoms with Crippen molar-refractivity contribution in [3.63, 3.8) is 0 Å². The van der Waals surface area contributed by atoms with Crippen molar-refractivity contribution >= 4 is 17.3 Å². The molecule has 0 bridgehead atoms. The molecule has 0 spiro atoms. The molecule has 1 atom stereocenters. The van der Waals surface area contributed by atoms with Crippen molar-refractivity contribution in [1.29, 1.82) is 0 Å². The highest BCUT2D eigenvalue weighted by Crippen LogP contribution is 2.26. The maximum atomic E-state index is 5.92. The number of likely N-dealkylation sites (N-methyl/N-ethyl adjacent to an activating group) is 1. The van der Waals surface area contributed by atoms with Gasteiger partial charge in [-0.3, -0.25) is 0 Å². The molecule has 1 saturated heterocycles. The molecule has 0 radical (unpaired) electrons. The normalized spacial score (nSPS) is 21.4. The Kier molecular flexibility index (Phi) is 4.13. The molecule has 2 N–H and O–H groups in total. The maximum Gasteiger partial charge on any atom is 0.143 e. The molecule has 2 rings (SSSR count). The van der Waals surface area contributed by atoms with Gasteiger partial charge in [-0.1, -0.05) is 18.0 Å². The Hall–Kier alpha value is -0.930. The first-order valence-electron chi connectivity index (χ1n) is 6.05. The average molecular weight is 255 g/mol. The average Bonchev–Trinajstić information content (AvgIpc) is 2.32. The SMILES string of the molecule is CN1CCCCC1COc1cc(Cl)ccc1N. The number of nitrogens with two attached hydrogens (primary N) is 1. The van der Waals surface area contributed by atoms with E-state index in [2.05, 4.69) is 11.9 Å². The Morgan fingerprint density at radius 3 is 3.06 bits per heavy atom. The van der Waals surface area contributed by atoms with E-state index in [0.717, 1.165) is 6.54 Å². The van der Waals surface area contributed by atoms with E-state index in [1.807, 2.05) is 0 Å². The summed E-state index contributed by atoms with van der Waals surface area (Å²) in [6.45, 7) is 1.83. The molecule has 1 aromatic carbocycles. The van der Waals surface area contributed by atoms with E-state index in [0.29, 0.717) is 29.1 Å². The van der Waals surface area contributed by atoms with Crippen LogP contribution in [-0.2, 0) is 0 Å². The van der Waals surface area contributed by atoms with Gasteiger partial charge < -0.3 is 15.4 Å². The van der Waals surface area contributed by atoms with Gasteiger partial charge in [0.05, 0.1) is 5.69 Å².